The van der Waals surface area contributed by atoms with Crippen LogP contribution in [0.2, 0.25) is 0 Å². The Morgan fingerprint density at radius 3 is 2.75 bits per heavy atom. The molecule has 0 aliphatic carbocycles. The van der Waals surface area contributed by atoms with E-state index in [0.29, 0.717) is 12.1 Å². The molecule has 24 heavy (non-hydrogen) atoms. The van der Waals surface area contributed by atoms with Gasteiger partial charge in [0.15, 0.2) is 0 Å². The fourth-order valence-electron chi connectivity index (χ4n) is 2.83. The third-order valence-electron chi connectivity index (χ3n) is 4.04. The van der Waals surface area contributed by atoms with Gasteiger partial charge in [-0.05, 0) is 29.8 Å². The Kier molecular flexibility index (Phi) is 6.85. The van der Waals surface area contributed by atoms with Crippen molar-refractivity contribution in [1.82, 2.24) is 15.2 Å². The minimum absolute atomic E-state index is 0. The summed E-state index contributed by atoms with van der Waals surface area (Å²) in [5, 5.41) is 3.40. The molecule has 1 N–H and O–H groups in total. The second-order valence-electron chi connectivity index (χ2n) is 5.56. The topological polar surface area (TPSA) is 28.2 Å². The zero-order chi connectivity index (χ0) is 16.1. The van der Waals surface area contributed by atoms with Crippen LogP contribution in [0.3, 0.4) is 0 Å². The maximum absolute atomic E-state index is 13.6. The van der Waals surface area contributed by atoms with Crippen molar-refractivity contribution >= 4 is 18.5 Å². The molecule has 128 valence electrons. The van der Waals surface area contributed by atoms with Crippen LogP contribution in [0.5, 0.6) is 0 Å². The van der Waals surface area contributed by atoms with Crippen LogP contribution in [0.25, 0.3) is 6.08 Å². The normalized spacial score (nSPS) is 18.5. The second-order valence-corrected chi connectivity index (χ2v) is 5.56. The summed E-state index contributed by atoms with van der Waals surface area (Å²) in [6.45, 7) is 3.44. The van der Waals surface area contributed by atoms with E-state index < -0.39 is 11.6 Å². The van der Waals surface area contributed by atoms with Crippen LogP contribution in [-0.4, -0.2) is 36.1 Å². The largest absolute Gasteiger partial charge is 0.314 e. The van der Waals surface area contributed by atoms with Crippen LogP contribution in [-0.2, 0) is 0 Å². The molecule has 1 unspecified atom stereocenters. The highest BCUT2D eigenvalue weighted by Crippen LogP contribution is 2.21. The summed E-state index contributed by atoms with van der Waals surface area (Å²) in [4.78, 5) is 6.40. The minimum atomic E-state index is -0.556. The number of halogens is 3. The van der Waals surface area contributed by atoms with E-state index >= 15 is 0 Å². The van der Waals surface area contributed by atoms with Crippen LogP contribution >= 0.6 is 12.4 Å². The second kappa shape index (κ2) is 8.87. The Morgan fingerprint density at radius 1 is 1.21 bits per heavy atom. The van der Waals surface area contributed by atoms with E-state index in [2.05, 4.69) is 15.2 Å². The Bertz CT molecular complexity index is 679. The molecule has 1 atom stereocenters. The predicted octanol–water partition coefficient (Wildman–Crippen LogP) is 3.44. The van der Waals surface area contributed by atoms with Gasteiger partial charge < -0.3 is 5.32 Å². The molecule has 0 amide bonds. The average molecular weight is 352 g/mol. The molecule has 3 rings (SSSR count). The molecule has 3 nitrogen and oxygen atoms in total. The van der Waals surface area contributed by atoms with Crippen LogP contribution < -0.4 is 5.32 Å². The SMILES string of the molecule is Cl.Fc1ccc(/C=C/CN2CCNCC2c2ccncc2)c(F)c1. The Labute approximate surface area is 146 Å². The van der Waals surface area contributed by atoms with Crippen LogP contribution in [0.1, 0.15) is 17.2 Å². The maximum atomic E-state index is 13.6. The molecule has 0 saturated carbocycles. The average Bonchev–Trinajstić information content (AvgIpc) is 2.58. The van der Waals surface area contributed by atoms with Gasteiger partial charge in [0.1, 0.15) is 11.6 Å². The molecule has 1 aromatic heterocycles. The van der Waals surface area contributed by atoms with Gasteiger partial charge in [0.2, 0.25) is 0 Å². The van der Waals surface area contributed by atoms with E-state index in [9.17, 15) is 8.78 Å². The van der Waals surface area contributed by atoms with Crippen LogP contribution in [0, 0.1) is 11.6 Å². The lowest BCUT2D eigenvalue weighted by molar-refractivity contribution is 0.180. The van der Waals surface area contributed by atoms with Gasteiger partial charge in [-0.3, -0.25) is 9.88 Å². The van der Waals surface area contributed by atoms with Crippen molar-refractivity contribution in [3.8, 4) is 0 Å². The standard InChI is InChI=1S/C18H19F2N3.ClH/c19-16-4-3-14(17(20)12-16)2-1-10-23-11-9-22-13-18(23)15-5-7-21-8-6-15;/h1-8,12,18,22H,9-11,13H2;1H/b2-1+;. The summed E-state index contributed by atoms with van der Waals surface area (Å²) >= 11 is 0. The fraction of sp³-hybridized carbons (Fsp3) is 0.278. The third kappa shape index (κ3) is 4.60. The number of benzene rings is 1. The van der Waals surface area contributed by atoms with Crippen molar-refractivity contribution in [1.29, 1.82) is 0 Å². The van der Waals surface area contributed by atoms with Gasteiger partial charge >= 0.3 is 0 Å². The van der Waals surface area contributed by atoms with Crippen molar-refractivity contribution < 1.29 is 8.78 Å². The molecule has 1 aliphatic rings. The van der Waals surface area contributed by atoms with Gasteiger partial charge in [0.05, 0.1) is 0 Å². The summed E-state index contributed by atoms with van der Waals surface area (Å²) in [6, 6.07) is 7.95. The lowest BCUT2D eigenvalue weighted by Crippen LogP contribution is -2.45. The molecule has 0 radical (unpaired) electrons. The molecule has 6 heteroatoms. The number of piperazine rings is 1. The highest BCUT2D eigenvalue weighted by molar-refractivity contribution is 5.85. The van der Waals surface area contributed by atoms with E-state index in [-0.39, 0.29) is 18.4 Å². The van der Waals surface area contributed by atoms with Gasteiger partial charge in [0.25, 0.3) is 0 Å². The molecule has 1 saturated heterocycles. The molecule has 0 bridgehead atoms. The summed E-state index contributed by atoms with van der Waals surface area (Å²) in [7, 11) is 0. The van der Waals surface area contributed by atoms with E-state index in [1.807, 2.05) is 18.2 Å². The number of pyridine rings is 1. The molecule has 1 fully saturated rings. The first-order chi connectivity index (χ1) is 11.2. The van der Waals surface area contributed by atoms with Crippen molar-refractivity contribution in [3.63, 3.8) is 0 Å². The summed E-state index contributed by atoms with van der Waals surface area (Å²) in [5.41, 5.74) is 1.62. The molecule has 1 aliphatic heterocycles. The number of hydrogen-bond acceptors (Lipinski definition) is 3. The lowest BCUT2D eigenvalue weighted by Gasteiger charge is -2.35. The third-order valence-corrected chi connectivity index (χ3v) is 4.04. The number of rotatable bonds is 4. The zero-order valence-electron chi connectivity index (χ0n) is 13.2. The van der Waals surface area contributed by atoms with Gasteiger partial charge in [-0.15, -0.1) is 12.4 Å². The Balaban J connectivity index is 0.00000208. The summed E-state index contributed by atoms with van der Waals surface area (Å²) in [6.07, 6.45) is 7.23. The van der Waals surface area contributed by atoms with E-state index in [0.717, 1.165) is 25.7 Å². The predicted molar refractivity (Wildman–Crippen MR) is 94.1 cm³/mol. The van der Waals surface area contributed by atoms with Crippen molar-refractivity contribution in [2.45, 2.75) is 6.04 Å². The number of nitrogens with zero attached hydrogens (tertiary/aromatic N) is 2. The monoisotopic (exact) mass is 351 g/mol. The fourth-order valence-corrected chi connectivity index (χ4v) is 2.83. The van der Waals surface area contributed by atoms with E-state index in [1.54, 1.807) is 18.5 Å². The minimum Gasteiger partial charge on any atom is -0.314 e. The summed E-state index contributed by atoms with van der Waals surface area (Å²) < 4.78 is 26.6. The molecule has 0 spiro atoms. The molecular weight excluding hydrogens is 332 g/mol. The number of aromatic nitrogens is 1. The van der Waals surface area contributed by atoms with Gasteiger partial charge in [-0.2, -0.15) is 0 Å². The van der Waals surface area contributed by atoms with Crippen molar-refractivity contribution in [3.05, 3.63) is 71.6 Å². The number of hydrogen-bond donors (Lipinski definition) is 1. The van der Waals surface area contributed by atoms with Gasteiger partial charge in [-0.1, -0.05) is 12.2 Å². The molecule has 2 heterocycles. The van der Waals surface area contributed by atoms with Crippen molar-refractivity contribution in [2.75, 3.05) is 26.2 Å². The van der Waals surface area contributed by atoms with Gasteiger partial charge in [0, 0.05) is 56.2 Å². The number of nitrogens with one attached hydrogen (secondary N) is 1. The van der Waals surface area contributed by atoms with Crippen molar-refractivity contribution in [2.24, 2.45) is 0 Å². The molecule has 2 aromatic rings. The maximum Gasteiger partial charge on any atom is 0.133 e. The van der Waals surface area contributed by atoms with Crippen LogP contribution in [0.4, 0.5) is 8.78 Å². The smallest absolute Gasteiger partial charge is 0.133 e. The quantitative estimate of drug-likeness (QED) is 0.914. The Hall–Kier alpha value is -1.82. The summed E-state index contributed by atoms with van der Waals surface area (Å²) in [5.74, 6) is -1.09. The van der Waals surface area contributed by atoms with Crippen LogP contribution in [0.15, 0.2) is 48.8 Å². The van der Waals surface area contributed by atoms with E-state index in [1.165, 1.54) is 17.7 Å². The highest BCUT2D eigenvalue weighted by Gasteiger charge is 2.22. The first-order valence-electron chi connectivity index (χ1n) is 7.70. The highest BCUT2D eigenvalue weighted by atomic mass is 35.5. The lowest BCUT2D eigenvalue weighted by atomic mass is 10.0. The zero-order valence-corrected chi connectivity index (χ0v) is 14.0. The first-order valence-corrected chi connectivity index (χ1v) is 7.70. The first kappa shape index (κ1) is 18.5. The van der Waals surface area contributed by atoms with Gasteiger partial charge in [-0.25, -0.2) is 8.78 Å². The van der Waals surface area contributed by atoms with E-state index in [4.69, 9.17) is 0 Å². The Morgan fingerprint density at radius 2 is 2.00 bits per heavy atom. The molecular formula is C18H20ClF2N3. The molecule has 1 aromatic carbocycles.